The summed E-state index contributed by atoms with van der Waals surface area (Å²) in [6.07, 6.45) is -0.516. The number of halogens is 3. The van der Waals surface area contributed by atoms with E-state index in [9.17, 15) is 13.2 Å². The maximum absolute atomic E-state index is 11.4. The van der Waals surface area contributed by atoms with Crippen molar-refractivity contribution in [1.29, 1.82) is 0 Å². The molecule has 0 bridgehead atoms. The second-order valence-corrected chi connectivity index (χ2v) is 2.30. The molecule has 0 heterocycles. The first-order valence-electron chi connectivity index (χ1n) is 6.06. The topological polar surface area (TPSA) is 9.23 Å². The molecule has 1 nitrogen and oxygen atoms in total. The molecule has 0 atom stereocenters. The fraction of sp³-hybridized carbons (Fsp3) is 0.571. The fourth-order valence-corrected chi connectivity index (χ4v) is 0.644. The lowest BCUT2D eigenvalue weighted by Crippen LogP contribution is -2.08. The minimum Gasteiger partial charge on any atom is -0.413 e. The Hall–Kier alpha value is -1.37. The minimum atomic E-state index is -4.63. The molecule has 0 unspecified atom stereocenters. The molecule has 0 aliphatic rings. The highest BCUT2D eigenvalue weighted by Crippen LogP contribution is 2.15. The van der Waals surface area contributed by atoms with E-state index in [1.807, 2.05) is 47.6 Å². The van der Waals surface area contributed by atoms with Crippen molar-refractivity contribution in [3.05, 3.63) is 24.0 Å². The van der Waals surface area contributed by atoms with Crippen molar-refractivity contribution in [3.63, 3.8) is 0 Å². The Morgan fingerprint density at radius 3 is 2.00 bits per heavy atom. The number of hydrogen-bond acceptors (Lipinski definition) is 1. The van der Waals surface area contributed by atoms with Crippen LogP contribution in [0.5, 0.6) is 0 Å². The molecule has 0 spiro atoms. The van der Waals surface area contributed by atoms with Crippen LogP contribution < -0.4 is 0 Å². The third kappa shape index (κ3) is 20.1. The smallest absolute Gasteiger partial charge is 0.413 e. The molecule has 0 aliphatic heterocycles. The molecular formula is C14H23F3O. The van der Waals surface area contributed by atoms with Gasteiger partial charge >= 0.3 is 6.36 Å². The summed E-state index contributed by atoms with van der Waals surface area (Å²) in [5.74, 6) is 5.12. The highest BCUT2D eigenvalue weighted by atomic mass is 19.4. The van der Waals surface area contributed by atoms with Crippen molar-refractivity contribution >= 4 is 0 Å². The van der Waals surface area contributed by atoms with E-state index in [2.05, 4.69) is 16.6 Å². The van der Waals surface area contributed by atoms with Crippen LogP contribution in [0.2, 0.25) is 0 Å². The fourth-order valence-electron chi connectivity index (χ4n) is 0.644. The summed E-state index contributed by atoms with van der Waals surface area (Å²) in [5.41, 5.74) is 0.877. The summed E-state index contributed by atoms with van der Waals surface area (Å²) in [7, 11) is 0. The molecular weight excluding hydrogens is 241 g/mol. The van der Waals surface area contributed by atoms with Crippen molar-refractivity contribution in [2.75, 3.05) is 0 Å². The summed E-state index contributed by atoms with van der Waals surface area (Å²) >= 11 is 0. The molecule has 18 heavy (non-hydrogen) atoms. The lowest BCUT2D eigenvalue weighted by atomic mass is 10.2. The van der Waals surface area contributed by atoms with Gasteiger partial charge in [0.1, 0.15) is 6.26 Å². The van der Waals surface area contributed by atoms with Crippen molar-refractivity contribution in [3.8, 4) is 11.8 Å². The Labute approximate surface area is 109 Å². The second-order valence-electron chi connectivity index (χ2n) is 2.30. The number of rotatable bonds is 2. The summed E-state index contributed by atoms with van der Waals surface area (Å²) in [5, 5.41) is 0. The summed E-state index contributed by atoms with van der Waals surface area (Å²) in [4.78, 5) is 0. The van der Waals surface area contributed by atoms with Crippen LogP contribution in [0.1, 0.15) is 48.0 Å². The molecule has 0 aromatic rings. The number of allylic oxidation sites excluding steroid dienone is 3. The molecule has 4 heteroatoms. The van der Waals surface area contributed by atoms with E-state index in [0.29, 0.717) is 6.26 Å². The van der Waals surface area contributed by atoms with Gasteiger partial charge in [-0.1, -0.05) is 52.5 Å². The zero-order chi connectivity index (χ0) is 15.0. The van der Waals surface area contributed by atoms with Crippen molar-refractivity contribution in [2.45, 2.75) is 54.3 Å². The van der Waals surface area contributed by atoms with Crippen LogP contribution in [0.25, 0.3) is 0 Å². The number of ether oxygens (including phenoxy) is 1. The second kappa shape index (κ2) is 15.6. The van der Waals surface area contributed by atoms with Crippen LogP contribution in [0.15, 0.2) is 24.0 Å². The predicted octanol–water partition coefficient (Wildman–Crippen LogP) is 5.45. The highest BCUT2D eigenvalue weighted by molar-refractivity contribution is 5.31. The Kier molecular flexibility index (Phi) is 19.0. The number of hydrogen-bond donors (Lipinski definition) is 0. The van der Waals surface area contributed by atoms with Gasteiger partial charge < -0.3 is 4.74 Å². The lowest BCUT2D eigenvalue weighted by molar-refractivity contribution is -0.298. The molecule has 0 saturated heterocycles. The Balaban J connectivity index is -0.000000506. The van der Waals surface area contributed by atoms with Gasteiger partial charge in [-0.05, 0) is 18.9 Å². The van der Waals surface area contributed by atoms with Crippen molar-refractivity contribution in [1.82, 2.24) is 0 Å². The van der Waals surface area contributed by atoms with Crippen LogP contribution in [-0.2, 0) is 4.74 Å². The standard InChI is InChI=1S/C10H11F3O.2C2H6/c1-3-9(4-2)7-5-6-8-14-10(11,12)13;2*1-2/h3,6,8H,4H2,1-2H3;2*1-2H3/b8-6+,9-3-;;. The maximum Gasteiger partial charge on any atom is 0.572 e. The quantitative estimate of drug-likeness (QED) is 0.476. The third-order valence-electron chi connectivity index (χ3n) is 1.32. The zero-order valence-corrected chi connectivity index (χ0v) is 12.0. The summed E-state index contributed by atoms with van der Waals surface area (Å²) in [6.45, 7) is 11.7. The average Bonchev–Trinajstić information content (AvgIpc) is 2.37. The monoisotopic (exact) mass is 264 g/mol. The first-order chi connectivity index (χ1) is 8.49. The molecule has 106 valence electrons. The number of alkyl halides is 3. The van der Waals surface area contributed by atoms with E-state index < -0.39 is 6.36 Å². The zero-order valence-electron chi connectivity index (χ0n) is 12.0. The first kappa shape index (κ1) is 21.9. The average molecular weight is 264 g/mol. The van der Waals surface area contributed by atoms with Crippen LogP contribution >= 0.6 is 0 Å². The third-order valence-corrected chi connectivity index (χ3v) is 1.32. The predicted molar refractivity (Wildman–Crippen MR) is 70.8 cm³/mol. The summed E-state index contributed by atoms with van der Waals surface area (Å²) < 4.78 is 37.7. The molecule has 0 radical (unpaired) electrons. The Bertz CT molecular complexity index is 278. The molecule has 0 aliphatic carbocycles. The van der Waals surface area contributed by atoms with Gasteiger partial charge in [-0.2, -0.15) is 0 Å². The molecule has 0 amide bonds. The van der Waals surface area contributed by atoms with Crippen LogP contribution in [0.3, 0.4) is 0 Å². The molecule has 0 aromatic heterocycles. The van der Waals surface area contributed by atoms with Gasteiger partial charge in [-0.15, -0.1) is 13.2 Å². The summed E-state index contributed by atoms with van der Waals surface area (Å²) in [6, 6.07) is 0. The minimum absolute atomic E-state index is 0.524. The van der Waals surface area contributed by atoms with Crippen LogP contribution in [-0.4, -0.2) is 6.36 Å². The highest BCUT2D eigenvalue weighted by Gasteiger charge is 2.28. The van der Waals surface area contributed by atoms with Gasteiger partial charge in [0.2, 0.25) is 0 Å². The van der Waals surface area contributed by atoms with Gasteiger partial charge in [0.25, 0.3) is 0 Å². The van der Waals surface area contributed by atoms with Gasteiger partial charge in [0.05, 0.1) is 0 Å². The van der Waals surface area contributed by atoms with Crippen LogP contribution in [0.4, 0.5) is 13.2 Å². The Morgan fingerprint density at radius 2 is 1.67 bits per heavy atom. The van der Waals surface area contributed by atoms with Crippen molar-refractivity contribution in [2.24, 2.45) is 0 Å². The van der Waals surface area contributed by atoms with Gasteiger partial charge in [-0.25, -0.2) is 0 Å². The van der Waals surface area contributed by atoms with Crippen molar-refractivity contribution < 1.29 is 17.9 Å². The van der Waals surface area contributed by atoms with E-state index in [1.54, 1.807) is 0 Å². The van der Waals surface area contributed by atoms with Gasteiger partial charge in [0, 0.05) is 6.08 Å². The molecule has 0 fully saturated rings. The maximum atomic E-state index is 11.4. The Morgan fingerprint density at radius 1 is 1.17 bits per heavy atom. The van der Waals surface area contributed by atoms with Gasteiger partial charge in [0.15, 0.2) is 0 Å². The lowest BCUT2D eigenvalue weighted by Gasteiger charge is -2.01. The molecule has 0 saturated carbocycles. The largest absolute Gasteiger partial charge is 0.572 e. The van der Waals surface area contributed by atoms with Crippen LogP contribution in [0, 0.1) is 11.8 Å². The van der Waals surface area contributed by atoms with E-state index in [0.717, 1.165) is 18.1 Å². The van der Waals surface area contributed by atoms with E-state index in [-0.39, 0.29) is 0 Å². The normalized spacial score (nSPS) is 10.4. The molecule has 0 aromatic carbocycles. The first-order valence-corrected chi connectivity index (χ1v) is 6.06. The van der Waals surface area contributed by atoms with E-state index >= 15 is 0 Å². The van der Waals surface area contributed by atoms with Gasteiger partial charge in [-0.3, -0.25) is 0 Å². The van der Waals surface area contributed by atoms with E-state index in [1.165, 1.54) is 0 Å². The van der Waals surface area contributed by atoms with E-state index in [4.69, 9.17) is 0 Å². The SMILES string of the molecule is C/C=C(\C#C/C=C/OC(F)(F)F)CC.CC.CC. The molecule has 0 rings (SSSR count). The molecule has 0 N–H and O–H groups in total.